The van der Waals surface area contributed by atoms with E-state index in [0.29, 0.717) is 19.2 Å². The Morgan fingerprint density at radius 1 is 1.27 bits per heavy atom. The quantitative estimate of drug-likeness (QED) is 0.624. The van der Waals surface area contributed by atoms with E-state index in [2.05, 4.69) is 25.9 Å². The number of rotatable bonds is 8. The summed E-state index contributed by atoms with van der Waals surface area (Å²) in [5.74, 6) is 0.851. The van der Waals surface area contributed by atoms with Crippen LogP contribution in [0.4, 0.5) is 21.8 Å². The van der Waals surface area contributed by atoms with E-state index in [1.54, 1.807) is 7.11 Å². The Morgan fingerprint density at radius 3 is 2.85 bits per heavy atom. The third-order valence-corrected chi connectivity index (χ3v) is 4.05. The number of hydrogen-bond acceptors (Lipinski definition) is 7. The smallest absolute Gasteiger partial charge is 0.229 e. The molecule has 0 saturated carbocycles. The number of benzene rings is 1. The summed E-state index contributed by atoms with van der Waals surface area (Å²) in [6.45, 7) is 2.84. The Hall–Kier alpha value is -2.45. The predicted molar refractivity (Wildman–Crippen MR) is 98.6 cm³/mol. The largest absolute Gasteiger partial charge is 0.491 e. The Kier molecular flexibility index (Phi) is 6.56. The summed E-state index contributed by atoms with van der Waals surface area (Å²) in [6, 6.07) is 7.56. The van der Waals surface area contributed by atoms with Crippen LogP contribution in [0.5, 0.6) is 5.75 Å². The highest BCUT2D eigenvalue weighted by Gasteiger charge is 2.16. The molecule has 0 spiro atoms. The van der Waals surface area contributed by atoms with E-state index in [1.807, 2.05) is 24.3 Å². The van der Waals surface area contributed by atoms with E-state index in [1.165, 1.54) is 6.20 Å². The highest BCUT2D eigenvalue weighted by molar-refractivity contribution is 5.56. The van der Waals surface area contributed by atoms with Crippen LogP contribution in [0.25, 0.3) is 0 Å². The molecule has 0 aliphatic carbocycles. The molecule has 1 fully saturated rings. The lowest BCUT2D eigenvalue weighted by atomic mass is 10.1. The van der Waals surface area contributed by atoms with Gasteiger partial charge in [-0.05, 0) is 43.7 Å². The maximum Gasteiger partial charge on any atom is 0.229 e. The van der Waals surface area contributed by atoms with Gasteiger partial charge in [-0.15, -0.1) is 0 Å². The van der Waals surface area contributed by atoms with Gasteiger partial charge in [0.05, 0.1) is 12.8 Å². The first-order chi connectivity index (χ1) is 12.7. The molecule has 0 amide bonds. The van der Waals surface area contributed by atoms with Crippen LogP contribution in [-0.4, -0.2) is 49.4 Å². The molecule has 1 aromatic carbocycles. The van der Waals surface area contributed by atoms with Crippen molar-refractivity contribution in [2.45, 2.75) is 18.9 Å². The van der Waals surface area contributed by atoms with Crippen LogP contribution in [-0.2, 0) is 4.74 Å². The standard InChI is InChI=1S/C18H24FN5O2/c1-25-9-10-26-15-6-4-13(5-7-15)23-18-21-12-16(19)17(24-18)22-14-3-2-8-20-11-14/h4-7,12,14,20H,2-3,8-11H2,1H3,(H2,21,22,23,24)/t14-/m1/s1. The third-order valence-electron chi connectivity index (χ3n) is 4.05. The number of aromatic nitrogens is 2. The minimum atomic E-state index is -0.456. The lowest BCUT2D eigenvalue weighted by Gasteiger charge is -2.24. The number of nitrogens with one attached hydrogen (secondary N) is 3. The summed E-state index contributed by atoms with van der Waals surface area (Å²) in [6.07, 6.45) is 3.23. The Bertz CT molecular complexity index is 692. The zero-order chi connectivity index (χ0) is 18.2. The highest BCUT2D eigenvalue weighted by atomic mass is 19.1. The van der Waals surface area contributed by atoms with Gasteiger partial charge in [0.15, 0.2) is 11.6 Å². The fraction of sp³-hybridized carbons (Fsp3) is 0.444. The molecule has 0 bridgehead atoms. The van der Waals surface area contributed by atoms with Crippen molar-refractivity contribution >= 4 is 17.5 Å². The van der Waals surface area contributed by atoms with Crippen LogP contribution in [0.15, 0.2) is 30.5 Å². The van der Waals surface area contributed by atoms with E-state index >= 15 is 0 Å². The summed E-state index contributed by atoms with van der Waals surface area (Å²) in [4.78, 5) is 8.27. The summed E-state index contributed by atoms with van der Waals surface area (Å²) in [5.41, 5.74) is 0.793. The van der Waals surface area contributed by atoms with Crippen molar-refractivity contribution in [2.75, 3.05) is 44.0 Å². The lowest BCUT2D eigenvalue weighted by Crippen LogP contribution is -2.38. The van der Waals surface area contributed by atoms with E-state index in [9.17, 15) is 4.39 Å². The van der Waals surface area contributed by atoms with Crippen LogP contribution in [0, 0.1) is 5.82 Å². The minimum Gasteiger partial charge on any atom is -0.491 e. The molecular weight excluding hydrogens is 337 g/mol. The molecule has 1 atom stereocenters. The fourth-order valence-electron chi connectivity index (χ4n) is 2.70. The van der Waals surface area contributed by atoms with Crippen LogP contribution < -0.4 is 20.7 Å². The molecule has 1 saturated heterocycles. The predicted octanol–water partition coefficient (Wildman–Crippen LogP) is 2.55. The molecule has 26 heavy (non-hydrogen) atoms. The third kappa shape index (κ3) is 5.27. The van der Waals surface area contributed by atoms with Crippen molar-refractivity contribution in [1.29, 1.82) is 0 Å². The van der Waals surface area contributed by atoms with Gasteiger partial charge in [-0.1, -0.05) is 0 Å². The molecule has 140 valence electrons. The van der Waals surface area contributed by atoms with E-state index in [-0.39, 0.29) is 11.9 Å². The van der Waals surface area contributed by atoms with Crippen molar-refractivity contribution < 1.29 is 13.9 Å². The van der Waals surface area contributed by atoms with Gasteiger partial charge in [-0.2, -0.15) is 4.98 Å². The van der Waals surface area contributed by atoms with Crippen LogP contribution in [0.3, 0.4) is 0 Å². The molecular formula is C18H24FN5O2. The molecule has 8 heteroatoms. The second-order valence-electron chi connectivity index (χ2n) is 6.07. The number of halogens is 1. The molecule has 7 nitrogen and oxygen atoms in total. The number of hydrogen-bond donors (Lipinski definition) is 3. The molecule has 3 rings (SSSR count). The average molecular weight is 361 g/mol. The number of ether oxygens (including phenoxy) is 2. The summed E-state index contributed by atoms with van der Waals surface area (Å²) >= 11 is 0. The van der Waals surface area contributed by atoms with Crippen LogP contribution in [0.1, 0.15) is 12.8 Å². The van der Waals surface area contributed by atoms with Gasteiger partial charge in [-0.25, -0.2) is 9.37 Å². The topological polar surface area (TPSA) is 80.3 Å². The first kappa shape index (κ1) is 18.3. The van der Waals surface area contributed by atoms with Crippen molar-refractivity contribution in [2.24, 2.45) is 0 Å². The lowest BCUT2D eigenvalue weighted by molar-refractivity contribution is 0.146. The molecule has 3 N–H and O–H groups in total. The normalized spacial score (nSPS) is 16.9. The number of methoxy groups -OCH3 is 1. The second-order valence-corrected chi connectivity index (χ2v) is 6.07. The summed E-state index contributed by atoms with van der Waals surface area (Å²) < 4.78 is 24.5. The van der Waals surface area contributed by atoms with Crippen LogP contribution >= 0.6 is 0 Å². The van der Waals surface area contributed by atoms with E-state index in [4.69, 9.17) is 9.47 Å². The van der Waals surface area contributed by atoms with E-state index < -0.39 is 5.82 Å². The molecule has 2 aromatic rings. The molecule has 0 radical (unpaired) electrons. The van der Waals surface area contributed by atoms with Gasteiger partial charge in [0.25, 0.3) is 0 Å². The Morgan fingerprint density at radius 2 is 2.12 bits per heavy atom. The number of nitrogens with zero attached hydrogens (tertiary/aromatic N) is 2. The van der Waals surface area contributed by atoms with Crippen molar-refractivity contribution in [3.63, 3.8) is 0 Å². The zero-order valence-electron chi connectivity index (χ0n) is 14.8. The maximum absolute atomic E-state index is 14.0. The SMILES string of the molecule is COCCOc1ccc(Nc2ncc(F)c(N[C@@H]3CCCNC3)n2)cc1. The Labute approximate surface area is 152 Å². The number of anilines is 3. The summed E-state index contributed by atoms with van der Waals surface area (Å²) in [7, 11) is 1.63. The molecule has 1 aliphatic heterocycles. The molecule has 1 aromatic heterocycles. The van der Waals surface area contributed by atoms with Gasteiger partial charge in [0.2, 0.25) is 5.95 Å². The number of piperidine rings is 1. The zero-order valence-corrected chi connectivity index (χ0v) is 14.8. The van der Waals surface area contributed by atoms with Crippen molar-refractivity contribution in [3.05, 3.63) is 36.3 Å². The minimum absolute atomic E-state index is 0.171. The maximum atomic E-state index is 14.0. The van der Waals surface area contributed by atoms with Gasteiger partial charge < -0.3 is 25.4 Å². The van der Waals surface area contributed by atoms with E-state index in [0.717, 1.165) is 37.4 Å². The monoisotopic (exact) mass is 361 g/mol. The highest BCUT2D eigenvalue weighted by Crippen LogP contribution is 2.20. The van der Waals surface area contributed by atoms with Gasteiger partial charge in [-0.3, -0.25) is 0 Å². The van der Waals surface area contributed by atoms with Crippen LogP contribution in [0.2, 0.25) is 0 Å². The average Bonchev–Trinajstić information content (AvgIpc) is 2.67. The van der Waals surface area contributed by atoms with Gasteiger partial charge in [0.1, 0.15) is 12.4 Å². The van der Waals surface area contributed by atoms with Crippen molar-refractivity contribution in [3.8, 4) is 5.75 Å². The molecule has 1 aliphatic rings. The molecule has 2 heterocycles. The van der Waals surface area contributed by atoms with Gasteiger partial charge >= 0.3 is 0 Å². The molecule has 0 unspecified atom stereocenters. The van der Waals surface area contributed by atoms with Crippen molar-refractivity contribution in [1.82, 2.24) is 15.3 Å². The summed E-state index contributed by atoms with van der Waals surface area (Å²) in [5, 5.41) is 9.52. The fourth-order valence-corrected chi connectivity index (χ4v) is 2.70. The first-order valence-corrected chi connectivity index (χ1v) is 8.73. The first-order valence-electron chi connectivity index (χ1n) is 8.73. The Balaban J connectivity index is 1.61. The second kappa shape index (κ2) is 9.30. The van der Waals surface area contributed by atoms with Gasteiger partial charge in [0, 0.05) is 25.4 Å².